The zero-order valence-electron chi connectivity index (χ0n) is 11.8. The predicted molar refractivity (Wildman–Crippen MR) is 83.0 cm³/mol. The lowest BCUT2D eigenvalue weighted by atomic mass is 10.1. The maximum atomic E-state index is 12.3. The molecule has 0 saturated carbocycles. The van der Waals surface area contributed by atoms with Crippen LogP contribution in [0.4, 0.5) is 0 Å². The third-order valence-electron chi connectivity index (χ3n) is 2.62. The van der Waals surface area contributed by atoms with E-state index < -0.39 is 15.6 Å². The lowest BCUT2D eigenvalue weighted by Crippen LogP contribution is -2.39. The molecule has 0 spiro atoms. The molecule has 0 bridgehead atoms. The highest BCUT2D eigenvalue weighted by atomic mass is 32.2. The Morgan fingerprint density at radius 1 is 1.35 bits per heavy atom. The van der Waals surface area contributed by atoms with E-state index in [0.29, 0.717) is 11.4 Å². The number of hydrogen-bond donors (Lipinski definition) is 2. The van der Waals surface area contributed by atoms with Crippen LogP contribution in [0.5, 0.6) is 0 Å². The molecule has 5 nitrogen and oxygen atoms in total. The second kappa shape index (κ2) is 6.17. The Balaban J connectivity index is 2.95. The molecule has 0 unspecified atom stereocenters. The quantitative estimate of drug-likeness (QED) is 0.762. The van der Waals surface area contributed by atoms with Crippen molar-refractivity contribution in [1.29, 1.82) is 0 Å². The Morgan fingerprint density at radius 2 is 1.85 bits per heavy atom. The van der Waals surface area contributed by atoms with Gasteiger partial charge in [-0.15, -0.1) is 0 Å². The van der Waals surface area contributed by atoms with Gasteiger partial charge in [0.05, 0.1) is 15.5 Å². The van der Waals surface area contributed by atoms with Gasteiger partial charge in [-0.05, 0) is 31.5 Å². The molecule has 0 amide bonds. The van der Waals surface area contributed by atoms with Gasteiger partial charge in [-0.3, -0.25) is 0 Å². The van der Waals surface area contributed by atoms with E-state index in [2.05, 4.69) is 0 Å². The molecular weight excluding hydrogens is 296 g/mol. The molecule has 1 rings (SSSR count). The van der Waals surface area contributed by atoms with Crippen LogP contribution < -0.4 is 5.73 Å². The maximum Gasteiger partial charge on any atom is 0.242 e. The minimum atomic E-state index is -3.61. The van der Waals surface area contributed by atoms with Gasteiger partial charge >= 0.3 is 0 Å². The summed E-state index contributed by atoms with van der Waals surface area (Å²) in [7, 11) is -2.17. The van der Waals surface area contributed by atoms with Crippen LogP contribution in [0.15, 0.2) is 29.2 Å². The first-order chi connectivity index (χ1) is 9.02. The molecule has 0 fully saturated rings. The first kappa shape index (κ1) is 17.0. The van der Waals surface area contributed by atoms with Gasteiger partial charge in [-0.25, -0.2) is 8.42 Å². The highest BCUT2D eigenvalue weighted by Crippen LogP contribution is 2.17. The number of thiocarbonyl (C=S) groups is 1. The Morgan fingerprint density at radius 3 is 2.25 bits per heavy atom. The zero-order valence-corrected chi connectivity index (χ0v) is 13.5. The van der Waals surface area contributed by atoms with E-state index in [4.69, 9.17) is 18.0 Å². The van der Waals surface area contributed by atoms with Crippen molar-refractivity contribution in [3.8, 4) is 0 Å². The molecule has 1 aromatic carbocycles. The van der Waals surface area contributed by atoms with Crippen LogP contribution in [-0.4, -0.2) is 42.0 Å². The van der Waals surface area contributed by atoms with Crippen molar-refractivity contribution in [2.45, 2.75) is 30.8 Å². The van der Waals surface area contributed by atoms with Crippen molar-refractivity contribution in [2.24, 2.45) is 5.73 Å². The molecule has 0 atom stereocenters. The SMILES string of the molecule is CN(CC(C)(C)O)S(=O)(=O)c1ccc(CC(N)=S)cc1. The average molecular weight is 316 g/mol. The van der Waals surface area contributed by atoms with Gasteiger partial charge in [0.25, 0.3) is 0 Å². The van der Waals surface area contributed by atoms with Gasteiger partial charge in [-0.1, -0.05) is 24.4 Å². The van der Waals surface area contributed by atoms with E-state index in [0.717, 1.165) is 9.87 Å². The van der Waals surface area contributed by atoms with E-state index in [1.807, 2.05) is 0 Å². The average Bonchev–Trinajstić information content (AvgIpc) is 2.26. The molecule has 1 aromatic rings. The highest BCUT2D eigenvalue weighted by Gasteiger charge is 2.26. The number of rotatable bonds is 6. The predicted octanol–water partition coefficient (Wildman–Crippen LogP) is 0.907. The number of sulfonamides is 1. The fraction of sp³-hybridized carbons (Fsp3) is 0.462. The summed E-state index contributed by atoms with van der Waals surface area (Å²) in [5, 5.41) is 9.71. The molecule has 7 heteroatoms. The van der Waals surface area contributed by atoms with Crippen molar-refractivity contribution < 1.29 is 13.5 Å². The van der Waals surface area contributed by atoms with Gasteiger partial charge in [0.2, 0.25) is 10.0 Å². The van der Waals surface area contributed by atoms with E-state index in [-0.39, 0.29) is 11.4 Å². The smallest absolute Gasteiger partial charge is 0.242 e. The number of benzene rings is 1. The number of nitrogens with two attached hydrogens (primary N) is 1. The molecule has 0 aliphatic carbocycles. The molecule has 0 radical (unpaired) electrons. The zero-order chi connectivity index (χ0) is 15.6. The monoisotopic (exact) mass is 316 g/mol. The van der Waals surface area contributed by atoms with Crippen LogP contribution in [0.2, 0.25) is 0 Å². The van der Waals surface area contributed by atoms with E-state index in [9.17, 15) is 13.5 Å². The first-order valence-corrected chi connectivity index (χ1v) is 7.93. The third-order valence-corrected chi connectivity index (χ3v) is 4.58. The number of nitrogens with zero attached hydrogens (tertiary/aromatic N) is 1. The molecule has 20 heavy (non-hydrogen) atoms. The van der Waals surface area contributed by atoms with Crippen molar-refractivity contribution in [3.05, 3.63) is 29.8 Å². The summed E-state index contributed by atoms with van der Waals surface area (Å²) in [5.74, 6) is 0. The van der Waals surface area contributed by atoms with Crippen molar-refractivity contribution in [2.75, 3.05) is 13.6 Å². The summed E-state index contributed by atoms with van der Waals surface area (Å²) in [6, 6.07) is 6.40. The van der Waals surface area contributed by atoms with Crippen molar-refractivity contribution >= 4 is 27.2 Å². The van der Waals surface area contributed by atoms with E-state index in [1.165, 1.54) is 19.2 Å². The van der Waals surface area contributed by atoms with Crippen LogP contribution in [0.25, 0.3) is 0 Å². The maximum absolute atomic E-state index is 12.3. The fourth-order valence-electron chi connectivity index (χ4n) is 1.79. The summed E-state index contributed by atoms with van der Waals surface area (Å²) in [5.41, 5.74) is 5.22. The van der Waals surface area contributed by atoms with Crippen LogP contribution in [-0.2, 0) is 16.4 Å². The third kappa shape index (κ3) is 4.82. The minimum Gasteiger partial charge on any atom is -0.393 e. The lowest BCUT2D eigenvalue weighted by molar-refractivity contribution is 0.0640. The number of likely N-dealkylation sites (N-methyl/N-ethyl adjacent to an activating group) is 1. The van der Waals surface area contributed by atoms with Crippen molar-refractivity contribution in [1.82, 2.24) is 4.31 Å². The van der Waals surface area contributed by atoms with Gasteiger partial charge in [-0.2, -0.15) is 4.31 Å². The Kier molecular flexibility index (Phi) is 5.26. The Hall–Kier alpha value is -1.02. The van der Waals surface area contributed by atoms with Gasteiger partial charge in [0.15, 0.2) is 0 Å². The standard InChI is InChI=1S/C13H20N2O3S2/c1-13(2,16)9-15(3)20(17,18)11-6-4-10(5-7-11)8-12(14)19/h4-7,16H,8-9H2,1-3H3,(H2,14,19). The molecule has 112 valence electrons. The highest BCUT2D eigenvalue weighted by molar-refractivity contribution is 7.89. The van der Waals surface area contributed by atoms with E-state index in [1.54, 1.807) is 26.0 Å². The topological polar surface area (TPSA) is 83.6 Å². The lowest BCUT2D eigenvalue weighted by Gasteiger charge is -2.25. The van der Waals surface area contributed by atoms with Crippen molar-refractivity contribution in [3.63, 3.8) is 0 Å². The molecule has 0 aromatic heterocycles. The van der Waals surface area contributed by atoms with Gasteiger partial charge in [0, 0.05) is 20.0 Å². The molecular formula is C13H20N2O3S2. The first-order valence-electron chi connectivity index (χ1n) is 6.08. The summed E-state index contributed by atoms with van der Waals surface area (Å²) in [4.78, 5) is 0.538. The second-order valence-corrected chi connectivity index (χ2v) is 7.93. The van der Waals surface area contributed by atoms with Gasteiger partial charge in [0.1, 0.15) is 0 Å². The molecule has 0 aliphatic heterocycles. The molecule has 3 N–H and O–H groups in total. The normalized spacial score (nSPS) is 12.7. The summed E-state index contributed by atoms with van der Waals surface area (Å²) in [6.45, 7) is 3.14. The second-order valence-electron chi connectivity index (χ2n) is 5.36. The Labute approximate surface area is 125 Å². The number of aliphatic hydroxyl groups is 1. The van der Waals surface area contributed by atoms with Gasteiger partial charge < -0.3 is 10.8 Å². The van der Waals surface area contributed by atoms with Crippen LogP contribution in [0.3, 0.4) is 0 Å². The number of hydrogen-bond acceptors (Lipinski definition) is 4. The molecule has 0 saturated heterocycles. The largest absolute Gasteiger partial charge is 0.393 e. The summed E-state index contributed by atoms with van der Waals surface area (Å²) in [6.07, 6.45) is 0.440. The minimum absolute atomic E-state index is 0.0178. The fourth-order valence-corrected chi connectivity index (χ4v) is 3.28. The summed E-state index contributed by atoms with van der Waals surface area (Å²) < 4.78 is 25.7. The van der Waals surface area contributed by atoms with Crippen LogP contribution in [0.1, 0.15) is 19.4 Å². The van der Waals surface area contributed by atoms with Crippen LogP contribution in [0, 0.1) is 0 Å². The van der Waals surface area contributed by atoms with Crippen LogP contribution >= 0.6 is 12.2 Å². The summed E-state index contributed by atoms with van der Waals surface area (Å²) >= 11 is 4.81. The molecule has 0 heterocycles. The molecule has 0 aliphatic rings. The Bertz CT molecular complexity index is 575. The van der Waals surface area contributed by atoms with E-state index >= 15 is 0 Å².